The molecule has 8 heteroatoms. The number of rotatable bonds is 4. The number of aromatic nitrogens is 4. The maximum absolute atomic E-state index is 10.3. The van der Waals surface area contributed by atoms with Crippen molar-refractivity contribution in [2.75, 3.05) is 5.73 Å². The Morgan fingerprint density at radius 2 is 2.00 bits per heavy atom. The third-order valence-electron chi connectivity index (χ3n) is 3.48. The summed E-state index contributed by atoms with van der Waals surface area (Å²) in [6.45, 7) is 4.19. The summed E-state index contributed by atoms with van der Waals surface area (Å²) in [5.74, 6) is 0.605. The van der Waals surface area contributed by atoms with Crippen LogP contribution in [0, 0.1) is 13.8 Å². The monoisotopic (exact) mass is 316 g/mol. The van der Waals surface area contributed by atoms with Crippen LogP contribution < -0.4 is 11.1 Å². The molecular weight excluding hydrogens is 300 g/mol. The van der Waals surface area contributed by atoms with Gasteiger partial charge < -0.3 is 10.8 Å². The van der Waals surface area contributed by atoms with Crippen molar-refractivity contribution in [3.63, 3.8) is 0 Å². The van der Waals surface area contributed by atoms with Gasteiger partial charge in [-0.05, 0) is 25.5 Å². The van der Waals surface area contributed by atoms with Crippen molar-refractivity contribution in [2.45, 2.75) is 26.6 Å². The minimum absolute atomic E-state index is 0.347. The largest absolute Gasteiger partial charge is 0.397 e. The quantitative estimate of drug-likeness (QED) is 0.625. The van der Waals surface area contributed by atoms with Gasteiger partial charge in [-0.3, -0.25) is 5.32 Å². The first-order chi connectivity index (χ1) is 10.6. The van der Waals surface area contributed by atoms with Crippen molar-refractivity contribution in [2.24, 2.45) is 0 Å². The van der Waals surface area contributed by atoms with E-state index in [9.17, 15) is 5.11 Å². The Bertz CT molecular complexity index is 804. The summed E-state index contributed by atoms with van der Waals surface area (Å²) < 4.78 is 0. The Kier molecular flexibility index (Phi) is 3.97. The average molecular weight is 316 g/mol. The molecule has 0 radical (unpaired) electrons. The second-order valence-electron chi connectivity index (χ2n) is 4.92. The van der Waals surface area contributed by atoms with E-state index in [1.807, 2.05) is 13.8 Å². The van der Waals surface area contributed by atoms with E-state index in [1.54, 1.807) is 18.5 Å². The Morgan fingerprint density at radius 3 is 2.73 bits per heavy atom. The highest BCUT2D eigenvalue weighted by atomic mass is 32.1. The van der Waals surface area contributed by atoms with E-state index in [2.05, 4.69) is 25.5 Å². The molecule has 0 bridgehead atoms. The van der Waals surface area contributed by atoms with Crippen LogP contribution in [-0.4, -0.2) is 25.3 Å². The van der Waals surface area contributed by atoms with Crippen LogP contribution in [0.1, 0.15) is 28.2 Å². The number of hydrogen-bond donors (Lipinski definition) is 3. The van der Waals surface area contributed by atoms with Gasteiger partial charge in [0.1, 0.15) is 16.9 Å². The molecule has 0 aliphatic rings. The maximum Gasteiger partial charge on any atom is 0.148 e. The third kappa shape index (κ3) is 2.63. The Balaban J connectivity index is 1.86. The van der Waals surface area contributed by atoms with Crippen molar-refractivity contribution in [1.29, 1.82) is 0 Å². The Morgan fingerprint density at radius 1 is 1.27 bits per heavy atom. The zero-order valence-electron chi connectivity index (χ0n) is 12.2. The van der Waals surface area contributed by atoms with Gasteiger partial charge in [0.2, 0.25) is 0 Å². The minimum atomic E-state index is -0.900. The molecule has 0 saturated carbocycles. The molecule has 3 aromatic rings. The van der Waals surface area contributed by atoms with Crippen LogP contribution in [0.5, 0.6) is 0 Å². The lowest BCUT2D eigenvalue weighted by atomic mass is 10.1. The number of aryl methyl sites for hydroxylation is 2. The number of thiophene rings is 1. The molecule has 0 fully saturated rings. The lowest BCUT2D eigenvalue weighted by Crippen LogP contribution is -2.21. The molecule has 0 aliphatic heterocycles. The van der Waals surface area contributed by atoms with Crippen molar-refractivity contribution in [3.05, 3.63) is 40.4 Å². The van der Waals surface area contributed by atoms with Crippen LogP contribution in [-0.2, 0) is 6.54 Å². The summed E-state index contributed by atoms with van der Waals surface area (Å²) >= 11 is 1.34. The van der Waals surface area contributed by atoms with E-state index in [0.717, 1.165) is 21.5 Å². The van der Waals surface area contributed by atoms with Crippen LogP contribution in [0.25, 0.3) is 10.2 Å². The number of nitrogens with zero attached hydrogens (tertiary/aromatic N) is 4. The van der Waals surface area contributed by atoms with Crippen molar-refractivity contribution in [3.8, 4) is 0 Å². The predicted octanol–water partition coefficient (Wildman–Crippen LogP) is 1.46. The SMILES string of the molecule is Cc1nnc2sc(C(O)NCc3ncccn3)c(N)c2c1C. The molecule has 0 amide bonds. The summed E-state index contributed by atoms with van der Waals surface area (Å²) in [5.41, 5.74) is 8.56. The van der Waals surface area contributed by atoms with Gasteiger partial charge in [-0.1, -0.05) is 0 Å². The second kappa shape index (κ2) is 5.91. The minimum Gasteiger partial charge on any atom is -0.397 e. The smallest absolute Gasteiger partial charge is 0.148 e. The van der Waals surface area contributed by atoms with E-state index >= 15 is 0 Å². The van der Waals surface area contributed by atoms with E-state index in [0.29, 0.717) is 22.9 Å². The first-order valence-corrected chi connectivity index (χ1v) is 7.58. The van der Waals surface area contributed by atoms with Crippen LogP contribution in [0.3, 0.4) is 0 Å². The molecule has 22 heavy (non-hydrogen) atoms. The summed E-state index contributed by atoms with van der Waals surface area (Å²) in [6.07, 6.45) is 2.42. The predicted molar refractivity (Wildman–Crippen MR) is 85.1 cm³/mol. The molecule has 1 unspecified atom stereocenters. The summed E-state index contributed by atoms with van der Waals surface area (Å²) in [7, 11) is 0. The van der Waals surface area contributed by atoms with Gasteiger partial charge in [-0.15, -0.1) is 16.4 Å². The van der Waals surface area contributed by atoms with E-state index in [4.69, 9.17) is 5.73 Å². The molecule has 1 atom stereocenters. The Labute approximate surface area is 131 Å². The van der Waals surface area contributed by atoms with Crippen LogP contribution in [0.15, 0.2) is 18.5 Å². The fraction of sp³-hybridized carbons (Fsp3) is 0.286. The fourth-order valence-electron chi connectivity index (χ4n) is 2.16. The number of nitrogens with one attached hydrogen (secondary N) is 1. The summed E-state index contributed by atoms with van der Waals surface area (Å²) in [6, 6.07) is 1.74. The van der Waals surface area contributed by atoms with Gasteiger partial charge in [0, 0.05) is 17.8 Å². The standard InChI is InChI=1S/C14H16N6OS/c1-7-8(2)19-20-14-10(7)11(15)12(22-14)13(21)18-6-9-16-4-3-5-17-9/h3-5,13,18,21H,6,15H2,1-2H3. The number of anilines is 1. The fourth-order valence-corrected chi connectivity index (χ4v) is 3.22. The van der Waals surface area contributed by atoms with Gasteiger partial charge >= 0.3 is 0 Å². The molecule has 0 spiro atoms. The third-order valence-corrected chi connectivity index (χ3v) is 4.63. The first-order valence-electron chi connectivity index (χ1n) is 6.77. The first kappa shape index (κ1) is 14.8. The molecule has 0 saturated heterocycles. The lowest BCUT2D eigenvalue weighted by Gasteiger charge is -2.11. The molecular formula is C14H16N6OS. The van der Waals surface area contributed by atoms with Gasteiger partial charge in [-0.2, -0.15) is 5.10 Å². The highest BCUT2D eigenvalue weighted by molar-refractivity contribution is 7.19. The molecule has 0 aliphatic carbocycles. The zero-order chi connectivity index (χ0) is 15.7. The highest BCUT2D eigenvalue weighted by Crippen LogP contribution is 2.37. The molecule has 4 N–H and O–H groups in total. The topological polar surface area (TPSA) is 110 Å². The van der Waals surface area contributed by atoms with Gasteiger partial charge in [-0.25, -0.2) is 9.97 Å². The second-order valence-corrected chi connectivity index (χ2v) is 5.95. The number of nitrogen functional groups attached to an aromatic ring is 1. The number of nitrogens with two attached hydrogens (primary N) is 1. The van der Waals surface area contributed by atoms with Crippen LogP contribution in [0.4, 0.5) is 5.69 Å². The normalized spacial score (nSPS) is 12.7. The lowest BCUT2D eigenvalue weighted by molar-refractivity contribution is 0.140. The molecule has 114 valence electrons. The van der Waals surface area contributed by atoms with Crippen molar-refractivity contribution < 1.29 is 5.11 Å². The zero-order valence-corrected chi connectivity index (χ0v) is 13.1. The summed E-state index contributed by atoms with van der Waals surface area (Å²) in [5, 5.41) is 22.4. The average Bonchev–Trinajstić information content (AvgIpc) is 2.87. The molecule has 0 aromatic carbocycles. The van der Waals surface area contributed by atoms with Crippen LogP contribution >= 0.6 is 11.3 Å². The Hall–Kier alpha value is -2.16. The number of aliphatic hydroxyl groups is 1. The van der Waals surface area contributed by atoms with E-state index in [1.165, 1.54) is 11.3 Å². The molecule has 7 nitrogen and oxygen atoms in total. The maximum atomic E-state index is 10.3. The highest BCUT2D eigenvalue weighted by Gasteiger charge is 2.20. The number of fused-ring (bicyclic) bond motifs is 1. The molecule has 3 rings (SSSR count). The number of aliphatic hydroxyl groups excluding tert-OH is 1. The van der Waals surface area contributed by atoms with Gasteiger partial charge in [0.25, 0.3) is 0 Å². The van der Waals surface area contributed by atoms with E-state index < -0.39 is 6.23 Å². The molecule has 3 heterocycles. The van der Waals surface area contributed by atoms with Crippen molar-refractivity contribution >= 4 is 27.2 Å². The van der Waals surface area contributed by atoms with Gasteiger partial charge in [0.05, 0.1) is 22.8 Å². The van der Waals surface area contributed by atoms with Gasteiger partial charge in [0.15, 0.2) is 0 Å². The molecule has 3 aromatic heterocycles. The summed E-state index contributed by atoms with van der Waals surface area (Å²) in [4.78, 5) is 9.56. The number of hydrogen-bond acceptors (Lipinski definition) is 8. The van der Waals surface area contributed by atoms with E-state index in [-0.39, 0.29) is 0 Å². The van der Waals surface area contributed by atoms with Crippen LogP contribution in [0.2, 0.25) is 0 Å². The van der Waals surface area contributed by atoms with Crippen molar-refractivity contribution in [1.82, 2.24) is 25.5 Å².